The number of aliphatic hydroxyl groups excluding tert-OH is 1. The van der Waals surface area contributed by atoms with Gasteiger partial charge in [-0.25, -0.2) is 4.79 Å². The molecule has 150 valence electrons. The Bertz CT molecular complexity index is 821. The number of carbonyl (C=O) groups excluding carboxylic acids is 1. The second-order valence-electron chi connectivity index (χ2n) is 6.51. The number of aryl methyl sites for hydroxylation is 1. The van der Waals surface area contributed by atoms with Gasteiger partial charge in [-0.15, -0.1) is 0 Å². The maximum Gasteiger partial charge on any atom is 0.416 e. The lowest BCUT2D eigenvalue weighted by molar-refractivity contribution is -0.137. The highest BCUT2D eigenvalue weighted by molar-refractivity contribution is 5.84. The number of aliphatic hydroxyl groups is 1. The normalized spacial score (nSPS) is 16.2. The lowest BCUT2D eigenvalue weighted by atomic mass is 9.89. The minimum Gasteiger partial charge on any atom is -0.490 e. The molecule has 1 aliphatic rings. The summed E-state index contributed by atoms with van der Waals surface area (Å²) in [5.41, 5.74) is 1.98. The van der Waals surface area contributed by atoms with Crippen molar-refractivity contribution in [1.82, 2.24) is 0 Å². The number of halogens is 3. The molecular formula is C20H20F3NO4. The zero-order chi connectivity index (χ0) is 20.1. The van der Waals surface area contributed by atoms with Crippen molar-refractivity contribution in [2.75, 3.05) is 18.5 Å². The molecule has 28 heavy (non-hydrogen) atoms. The molecule has 0 spiro atoms. The Kier molecular flexibility index (Phi) is 6.08. The SMILES string of the molecule is O=C(Nc1ccc2c(c1)CC(O)CC2)OCCOc1ccc(C(F)(F)F)cc1. The third-order valence-corrected chi connectivity index (χ3v) is 4.42. The Balaban J connectivity index is 1.42. The fraction of sp³-hybridized carbons (Fsp3) is 0.350. The summed E-state index contributed by atoms with van der Waals surface area (Å²) in [6, 6.07) is 9.79. The zero-order valence-corrected chi connectivity index (χ0v) is 15.0. The van der Waals surface area contributed by atoms with Gasteiger partial charge in [0.2, 0.25) is 0 Å². The molecule has 0 aliphatic heterocycles. The largest absolute Gasteiger partial charge is 0.490 e. The zero-order valence-electron chi connectivity index (χ0n) is 15.0. The van der Waals surface area contributed by atoms with Gasteiger partial charge in [-0.2, -0.15) is 13.2 Å². The van der Waals surface area contributed by atoms with Crippen molar-refractivity contribution >= 4 is 11.8 Å². The van der Waals surface area contributed by atoms with E-state index in [0.29, 0.717) is 12.1 Å². The summed E-state index contributed by atoms with van der Waals surface area (Å²) in [7, 11) is 0. The maximum atomic E-state index is 12.5. The maximum absolute atomic E-state index is 12.5. The third-order valence-electron chi connectivity index (χ3n) is 4.42. The van der Waals surface area contributed by atoms with Crippen LogP contribution in [0.25, 0.3) is 0 Å². The Labute approximate surface area is 160 Å². The first-order valence-corrected chi connectivity index (χ1v) is 8.85. The van der Waals surface area contributed by atoms with Crippen molar-refractivity contribution in [1.29, 1.82) is 0 Å². The van der Waals surface area contributed by atoms with Crippen LogP contribution in [-0.4, -0.2) is 30.5 Å². The van der Waals surface area contributed by atoms with E-state index in [1.54, 1.807) is 6.07 Å². The van der Waals surface area contributed by atoms with Crippen LogP contribution in [0.5, 0.6) is 5.75 Å². The second kappa shape index (κ2) is 8.52. The van der Waals surface area contributed by atoms with Gasteiger partial charge >= 0.3 is 12.3 Å². The highest BCUT2D eigenvalue weighted by atomic mass is 19.4. The first-order valence-electron chi connectivity index (χ1n) is 8.85. The molecule has 1 amide bonds. The van der Waals surface area contributed by atoms with Gasteiger partial charge in [-0.1, -0.05) is 6.07 Å². The lowest BCUT2D eigenvalue weighted by Crippen LogP contribution is -2.20. The van der Waals surface area contributed by atoms with Crippen LogP contribution in [-0.2, 0) is 23.8 Å². The molecule has 3 rings (SSSR count). The number of amides is 1. The number of nitrogens with one attached hydrogen (secondary N) is 1. The molecule has 0 radical (unpaired) electrons. The number of benzene rings is 2. The van der Waals surface area contributed by atoms with Crippen molar-refractivity contribution in [3.05, 3.63) is 59.2 Å². The minimum absolute atomic E-state index is 0.00909. The van der Waals surface area contributed by atoms with Crippen molar-refractivity contribution in [3.63, 3.8) is 0 Å². The van der Waals surface area contributed by atoms with Gasteiger partial charge in [0.05, 0.1) is 11.7 Å². The molecule has 0 bridgehead atoms. The van der Waals surface area contributed by atoms with E-state index in [1.165, 1.54) is 12.1 Å². The van der Waals surface area contributed by atoms with Crippen molar-refractivity contribution in [2.45, 2.75) is 31.5 Å². The molecule has 0 saturated carbocycles. The fourth-order valence-corrected chi connectivity index (χ4v) is 3.00. The van der Waals surface area contributed by atoms with E-state index in [1.807, 2.05) is 12.1 Å². The van der Waals surface area contributed by atoms with E-state index >= 15 is 0 Å². The van der Waals surface area contributed by atoms with Crippen LogP contribution in [0.1, 0.15) is 23.1 Å². The van der Waals surface area contributed by atoms with Crippen LogP contribution in [0.4, 0.5) is 23.7 Å². The molecule has 0 heterocycles. The molecule has 1 atom stereocenters. The predicted molar refractivity (Wildman–Crippen MR) is 96.4 cm³/mol. The van der Waals surface area contributed by atoms with Crippen LogP contribution >= 0.6 is 0 Å². The number of hydrogen-bond donors (Lipinski definition) is 2. The number of rotatable bonds is 5. The quantitative estimate of drug-likeness (QED) is 0.746. The summed E-state index contributed by atoms with van der Waals surface area (Å²) < 4.78 is 47.7. The highest BCUT2D eigenvalue weighted by Gasteiger charge is 2.30. The summed E-state index contributed by atoms with van der Waals surface area (Å²) in [5, 5.41) is 12.3. The van der Waals surface area contributed by atoms with E-state index < -0.39 is 17.8 Å². The van der Waals surface area contributed by atoms with Crippen molar-refractivity contribution < 1.29 is 32.5 Å². The number of ether oxygens (including phenoxy) is 2. The molecule has 5 nitrogen and oxygen atoms in total. The Morgan fingerprint density at radius 3 is 2.57 bits per heavy atom. The first kappa shape index (κ1) is 20.0. The van der Waals surface area contributed by atoms with Gasteiger partial charge in [-0.3, -0.25) is 5.32 Å². The van der Waals surface area contributed by atoms with Crippen LogP contribution in [0, 0.1) is 0 Å². The molecule has 2 aromatic rings. The first-order chi connectivity index (χ1) is 13.3. The van der Waals surface area contributed by atoms with Gasteiger partial charge in [0.1, 0.15) is 19.0 Å². The number of carbonyl (C=O) groups is 1. The van der Waals surface area contributed by atoms with Gasteiger partial charge in [-0.05, 0) is 66.8 Å². The van der Waals surface area contributed by atoms with Gasteiger partial charge in [0, 0.05) is 5.69 Å². The molecule has 0 aromatic heterocycles. The monoisotopic (exact) mass is 395 g/mol. The molecule has 1 unspecified atom stereocenters. The summed E-state index contributed by atoms with van der Waals surface area (Å²) >= 11 is 0. The van der Waals surface area contributed by atoms with E-state index in [9.17, 15) is 23.1 Å². The van der Waals surface area contributed by atoms with E-state index in [-0.39, 0.29) is 25.1 Å². The Morgan fingerprint density at radius 1 is 1.11 bits per heavy atom. The van der Waals surface area contributed by atoms with Gasteiger partial charge in [0.25, 0.3) is 0 Å². The number of hydrogen-bond acceptors (Lipinski definition) is 4. The standard InChI is InChI=1S/C20H20F3NO4/c21-20(22,23)15-3-7-18(8-4-15)27-9-10-28-19(26)24-16-5-1-13-2-6-17(25)12-14(13)11-16/h1,3-5,7-8,11,17,25H,2,6,9-10,12H2,(H,24,26). The van der Waals surface area contributed by atoms with Crippen LogP contribution in [0.3, 0.4) is 0 Å². The summed E-state index contributed by atoms with van der Waals surface area (Å²) in [6.45, 7) is -0.0499. The number of fused-ring (bicyclic) bond motifs is 1. The Hall–Kier alpha value is -2.74. The van der Waals surface area contributed by atoms with Crippen LogP contribution in [0.2, 0.25) is 0 Å². The summed E-state index contributed by atoms with van der Waals surface area (Å²) in [5.74, 6) is 0.255. The topological polar surface area (TPSA) is 67.8 Å². The van der Waals surface area contributed by atoms with E-state index in [2.05, 4.69) is 5.32 Å². The molecule has 1 aliphatic carbocycles. The average Bonchev–Trinajstić information content (AvgIpc) is 2.64. The number of alkyl halides is 3. The smallest absolute Gasteiger partial charge is 0.416 e. The van der Waals surface area contributed by atoms with Gasteiger partial charge < -0.3 is 14.6 Å². The highest BCUT2D eigenvalue weighted by Crippen LogP contribution is 2.30. The summed E-state index contributed by atoms with van der Waals surface area (Å²) in [6.07, 6.45) is -3.32. The second-order valence-corrected chi connectivity index (χ2v) is 6.51. The lowest BCUT2D eigenvalue weighted by Gasteiger charge is -2.21. The molecule has 0 saturated heterocycles. The molecular weight excluding hydrogens is 375 g/mol. The summed E-state index contributed by atoms with van der Waals surface area (Å²) in [4.78, 5) is 11.8. The third kappa shape index (κ3) is 5.39. The minimum atomic E-state index is -4.39. The van der Waals surface area contributed by atoms with Crippen molar-refractivity contribution in [2.24, 2.45) is 0 Å². The van der Waals surface area contributed by atoms with E-state index in [4.69, 9.17) is 9.47 Å². The van der Waals surface area contributed by atoms with Crippen molar-refractivity contribution in [3.8, 4) is 5.75 Å². The molecule has 8 heteroatoms. The number of anilines is 1. The molecule has 0 fully saturated rings. The van der Waals surface area contributed by atoms with Crippen LogP contribution < -0.4 is 10.1 Å². The molecule has 2 N–H and O–H groups in total. The Morgan fingerprint density at radius 2 is 1.86 bits per heavy atom. The predicted octanol–water partition coefficient (Wildman–Crippen LogP) is 4.18. The average molecular weight is 395 g/mol. The van der Waals surface area contributed by atoms with Gasteiger partial charge in [0.15, 0.2) is 0 Å². The molecule has 2 aromatic carbocycles. The van der Waals surface area contributed by atoms with E-state index in [0.717, 1.165) is 36.1 Å². The fourth-order valence-electron chi connectivity index (χ4n) is 3.00. The van der Waals surface area contributed by atoms with Crippen LogP contribution in [0.15, 0.2) is 42.5 Å².